The van der Waals surface area contributed by atoms with Gasteiger partial charge in [-0.05, 0) is 0 Å². The lowest BCUT2D eigenvalue weighted by Gasteiger charge is -1.91. The monoisotopic (exact) mass is 164 g/mol. The van der Waals surface area contributed by atoms with Crippen molar-refractivity contribution >= 4 is 11.2 Å². The molecule has 0 aliphatic carbocycles. The first-order valence-electron chi connectivity index (χ1n) is 3.20. The average Bonchev–Trinajstić information content (AvgIpc) is 2.07. The molecule has 12 heavy (non-hydrogen) atoms. The molecule has 6 heteroatoms. The number of nitrogens with zero attached hydrogens (tertiary/aromatic N) is 2. The van der Waals surface area contributed by atoms with E-state index in [0.717, 1.165) is 0 Å². The maximum Gasteiger partial charge on any atom is 0.315 e. The first-order valence-corrected chi connectivity index (χ1v) is 3.20. The molecule has 0 atom stereocenters. The Bertz CT molecular complexity index is 478. The summed E-state index contributed by atoms with van der Waals surface area (Å²) in [4.78, 5) is 33.6. The van der Waals surface area contributed by atoms with E-state index in [1.54, 1.807) is 0 Å². The summed E-state index contributed by atoms with van der Waals surface area (Å²) in [7, 11) is 0. The Morgan fingerprint density at radius 3 is 2.75 bits per heavy atom. The van der Waals surface area contributed by atoms with Crippen molar-refractivity contribution < 1.29 is 0 Å². The molecule has 0 radical (unpaired) electrons. The van der Waals surface area contributed by atoms with Gasteiger partial charge >= 0.3 is 11.1 Å². The molecule has 0 saturated carbocycles. The fraction of sp³-hybridized carbons (Fsp3) is 0. The second kappa shape index (κ2) is 2.26. The third-order valence-corrected chi connectivity index (χ3v) is 1.40. The molecule has 0 fully saturated rings. The van der Waals surface area contributed by atoms with E-state index >= 15 is 0 Å². The van der Waals surface area contributed by atoms with Crippen LogP contribution >= 0.6 is 0 Å². The largest absolute Gasteiger partial charge is 0.315 e. The molecule has 2 heterocycles. The quantitative estimate of drug-likeness (QED) is 0.489. The predicted molar refractivity (Wildman–Crippen MR) is 40.8 cm³/mol. The smallest absolute Gasteiger partial charge is 0.313 e. The van der Waals surface area contributed by atoms with Gasteiger partial charge < -0.3 is 9.97 Å². The number of nitrogens with one attached hydrogen (secondary N) is 2. The molecular weight excluding hydrogens is 160 g/mol. The second-order valence-corrected chi connectivity index (χ2v) is 2.19. The van der Waals surface area contributed by atoms with Crippen molar-refractivity contribution in [2.45, 2.75) is 0 Å². The van der Waals surface area contributed by atoms with Crippen molar-refractivity contribution in [3.63, 3.8) is 0 Å². The van der Waals surface area contributed by atoms with Gasteiger partial charge in [-0.1, -0.05) is 0 Å². The number of aromatic nitrogens is 4. The highest BCUT2D eigenvalue weighted by Gasteiger charge is 1.97. The molecular formula is C6H4N4O2. The van der Waals surface area contributed by atoms with Crippen LogP contribution in [0.25, 0.3) is 11.2 Å². The molecule has 60 valence electrons. The zero-order chi connectivity index (χ0) is 8.55. The minimum Gasteiger partial charge on any atom is -0.313 e. The maximum absolute atomic E-state index is 10.8. The molecule has 6 nitrogen and oxygen atoms in total. The third kappa shape index (κ3) is 0.895. The van der Waals surface area contributed by atoms with Crippen LogP contribution in [-0.2, 0) is 0 Å². The summed E-state index contributed by atoms with van der Waals surface area (Å²) >= 11 is 0. The summed E-state index contributed by atoms with van der Waals surface area (Å²) in [5, 5.41) is 0. The van der Waals surface area contributed by atoms with E-state index < -0.39 is 11.1 Å². The van der Waals surface area contributed by atoms with Crippen molar-refractivity contribution in [2.24, 2.45) is 0 Å². The van der Waals surface area contributed by atoms with Gasteiger partial charge in [0.15, 0.2) is 5.65 Å². The highest BCUT2D eigenvalue weighted by molar-refractivity contribution is 5.66. The third-order valence-electron chi connectivity index (χ3n) is 1.40. The van der Waals surface area contributed by atoms with Crippen LogP contribution in [0.4, 0.5) is 0 Å². The summed E-state index contributed by atoms with van der Waals surface area (Å²) < 4.78 is 0. The number of rotatable bonds is 0. The normalized spacial score (nSPS) is 10.3. The number of hydrogen-bond acceptors (Lipinski definition) is 4. The second-order valence-electron chi connectivity index (χ2n) is 2.19. The highest BCUT2D eigenvalue weighted by Crippen LogP contribution is 1.94. The topological polar surface area (TPSA) is 91.5 Å². The lowest BCUT2D eigenvalue weighted by Crippen LogP contribution is -2.29. The van der Waals surface area contributed by atoms with Crippen molar-refractivity contribution in [2.75, 3.05) is 0 Å². The summed E-state index contributed by atoms with van der Waals surface area (Å²) in [6, 6.07) is 0. The van der Waals surface area contributed by atoms with Crippen molar-refractivity contribution in [3.8, 4) is 0 Å². The molecule has 0 saturated heterocycles. The fourth-order valence-electron chi connectivity index (χ4n) is 0.864. The summed E-state index contributed by atoms with van der Waals surface area (Å²) in [5.74, 6) is 0. The van der Waals surface area contributed by atoms with Crippen molar-refractivity contribution in [3.05, 3.63) is 33.2 Å². The lowest BCUT2D eigenvalue weighted by molar-refractivity contribution is 1.08. The maximum atomic E-state index is 10.8. The number of fused-ring (bicyclic) bond motifs is 1. The highest BCUT2D eigenvalue weighted by atomic mass is 16.2. The molecule has 0 amide bonds. The molecule has 0 aliphatic rings. The first-order chi connectivity index (χ1) is 5.77. The number of aromatic amines is 2. The number of hydrogen-bond donors (Lipinski definition) is 2. The van der Waals surface area contributed by atoms with Crippen LogP contribution in [0.2, 0.25) is 0 Å². The molecule has 2 rings (SSSR count). The zero-order valence-corrected chi connectivity index (χ0v) is 5.87. The van der Waals surface area contributed by atoms with Gasteiger partial charge in [0.1, 0.15) is 11.8 Å². The Morgan fingerprint density at radius 2 is 1.92 bits per heavy atom. The first kappa shape index (κ1) is 6.71. The molecule has 0 unspecified atom stereocenters. The Labute approximate surface area is 65.3 Å². The van der Waals surface area contributed by atoms with Gasteiger partial charge in [-0.15, -0.1) is 0 Å². The molecule has 0 bridgehead atoms. The summed E-state index contributed by atoms with van der Waals surface area (Å²) in [5.41, 5.74) is -0.657. The van der Waals surface area contributed by atoms with Gasteiger partial charge in [0.05, 0.1) is 6.20 Å². The summed E-state index contributed by atoms with van der Waals surface area (Å²) in [6.07, 6.45) is 2.70. The Kier molecular flexibility index (Phi) is 1.26. The van der Waals surface area contributed by atoms with E-state index in [4.69, 9.17) is 0 Å². The average molecular weight is 164 g/mol. The van der Waals surface area contributed by atoms with E-state index in [9.17, 15) is 9.59 Å². The van der Waals surface area contributed by atoms with E-state index in [-0.39, 0.29) is 0 Å². The Balaban J connectivity index is 3.03. The standard InChI is InChI=1S/C6H4N4O2/c11-5-6(12)10-4-3(9-5)1-7-2-8-4/h1-2H,(H,9,11)(H,7,8,10,12). The van der Waals surface area contributed by atoms with Crippen LogP contribution in [0.5, 0.6) is 0 Å². The van der Waals surface area contributed by atoms with Crippen LogP contribution in [0.15, 0.2) is 22.1 Å². The van der Waals surface area contributed by atoms with Crippen LogP contribution < -0.4 is 11.1 Å². The molecule has 0 aliphatic heterocycles. The molecule has 2 aromatic heterocycles. The van der Waals surface area contributed by atoms with Gasteiger partial charge in [0.25, 0.3) is 0 Å². The van der Waals surface area contributed by atoms with Gasteiger partial charge in [-0.25, -0.2) is 9.97 Å². The van der Waals surface area contributed by atoms with Gasteiger partial charge in [-0.3, -0.25) is 9.59 Å². The van der Waals surface area contributed by atoms with Gasteiger partial charge in [0.2, 0.25) is 0 Å². The van der Waals surface area contributed by atoms with E-state index in [0.29, 0.717) is 11.2 Å². The van der Waals surface area contributed by atoms with Gasteiger partial charge in [-0.2, -0.15) is 0 Å². The van der Waals surface area contributed by atoms with E-state index in [2.05, 4.69) is 19.9 Å². The number of H-pyrrole nitrogens is 2. The van der Waals surface area contributed by atoms with E-state index in [1.807, 2.05) is 0 Å². The van der Waals surface area contributed by atoms with Crippen LogP contribution in [-0.4, -0.2) is 19.9 Å². The predicted octanol–water partition coefficient (Wildman–Crippen LogP) is -0.994. The minimum atomic E-state index is -0.707. The van der Waals surface area contributed by atoms with Crippen LogP contribution in [0.3, 0.4) is 0 Å². The Hall–Kier alpha value is -1.98. The fourth-order valence-corrected chi connectivity index (χ4v) is 0.864. The van der Waals surface area contributed by atoms with Crippen molar-refractivity contribution in [1.29, 1.82) is 0 Å². The molecule has 0 spiro atoms. The molecule has 2 aromatic rings. The zero-order valence-electron chi connectivity index (χ0n) is 5.87. The van der Waals surface area contributed by atoms with Gasteiger partial charge in [0, 0.05) is 0 Å². The SMILES string of the molecule is O=c1[nH]c2cncnc2[nH]c1=O. The van der Waals surface area contributed by atoms with Crippen LogP contribution in [0, 0.1) is 0 Å². The molecule has 0 aromatic carbocycles. The summed E-state index contributed by atoms with van der Waals surface area (Å²) in [6.45, 7) is 0. The van der Waals surface area contributed by atoms with Crippen LogP contribution in [0.1, 0.15) is 0 Å². The minimum absolute atomic E-state index is 0.328. The van der Waals surface area contributed by atoms with E-state index in [1.165, 1.54) is 12.5 Å². The Morgan fingerprint density at radius 1 is 1.17 bits per heavy atom. The molecule has 2 N–H and O–H groups in total. The lowest BCUT2D eigenvalue weighted by atomic mass is 10.5. The van der Waals surface area contributed by atoms with Crippen molar-refractivity contribution in [1.82, 2.24) is 19.9 Å².